The van der Waals surface area contributed by atoms with Crippen LogP contribution >= 0.6 is 27.5 Å². The third-order valence-corrected chi connectivity index (χ3v) is 6.30. The fourth-order valence-electron chi connectivity index (χ4n) is 3.86. The highest BCUT2D eigenvalue weighted by molar-refractivity contribution is 9.10. The lowest BCUT2D eigenvalue weighted by atomic mass is 9.93. The minimum absolute atomic E-state index is 0.0204. The summed E-state index contributed by atoms with van der Waals surface area (Å²) in [4.78, 5) is 12.7. The molecule has 0 bridgehead atoms. The van der Waals surface area contributed by atoms with Crippen molar-refractivity contribution < 1.29 is 4.79 Å². The summed E-state index contributed by atoms with van der Waals surface area (Å²) in [5, 5.41) is 0.494. The Balaban J connectivity index is 1.56. The average Bonchev–Trinajstić information content (AvgIpc) is 3.19. The van der Waals surface area contributed by atoms with E-state index >= 15 is 0 Å². The van der Waals surface area contributed by atoms with E-state index in [-0.39, 0.29) is 5.78 Å². The maximum Gasteiger partial charge on any atom is 0.194 e. The lowest BCUT2D eigenvalue weighted by molar-refractivity contribution is 0.103. The Morgan fingerprint density at radius 2 is 1.83 bits per heavy atom. The highest BCUT2D eigenvalue weighted by Gasteiger charge is 2.48. The first kappa shape index (κ1) is 15.4. The van der Waals surface area contributed by atoms with Gasteiger partial charge in [-0.15, -0.1) is 0 Å². The SMILES string of the molecule is O=C(c1ccc(C2CCC3(CC3)C2)cc1)c1cc(Br)ccc1Cl. The molecule has 1 spiro atoms. The topological polar surface area (TPSA) is 17.1 Å². The molecule has 0 aliphatic heterocycles. The normalized spacial score (nSPS) is 21.6. The fraction of sp³-hybridized carbons (Fsp3) is 0.350. The van der Waals surface area contributed by atoms with Crippen molar-refractivity contribution in [3.05, 3.63) is 68.7 Å². The molecule has 1 atom stereocenters. The Kier molecular flexibility index (Phi) is 3.85. The molecular weight excluding hydrogens is 372 g/mol. The third kappa shape index (κ3) is 2.99. The van der Waals surface area contributed by atoms with Gasteiger partial charge in [0.25, 0.3) is 0 Å². The summed E-state index contributed by atoms with van der Waals surface area (Å²) in [5.74, 6) is 0.657. The molecule has 0 N–H and O–H groups in total. The van der Waals surface area contributed by atoms with Crippen LogP contribution in [0, 0.1) is 5.41 Å². The molecule has 2 fully saturated rings. The van der Waals surface area contributed by atoms with E-state index in [1.54, 1.807) is 12.1 Å². The molecule has 2 aliphatic carbocycles. The van der Waals surface area contributed by atoms with E-state index in [9.17, 15) is 4.79 Å². The van der Waals surface area contributed by atoms with Gasteiger partial charge in [-0.1, -0.05) is 51.8 Å². The van der Waals surface area contributed by atoms with Crippen molar-refractivity contribution in [3.63, 3.8) is 0 Å². The van der Waals surface area contributed by atoms with Crippen LogP contribution in [0.1, 0.15) is 59.5 Å². The molecule has 0 saturated heterocycles. The van der Waals surface area contributed by atoms with Gasteiger partial charge in [-0.3, -0.25) is 4.79 Å². The van der Waals surface area contributed by atoms with Crippen LogP contribution in [0.2, 0.25) is 5.02 Å². The molecule has 2 aromatic rings. The van der Waals surface area contributed by atoms with Crippen LogP contribution in [0.3, 0.4) is 0 Å². The van der Waals surface area contributed by atoms with Gasteiger partial charge in [-0.25, -0.2) is 0 Å². The van der Waals surface area contributed by atoms with Crippen molar-refractivity contribution >= 4 is 33.3 Å². The van der Waals surface area contributed by atoms with Gasteiger partial charge in [0.1, 0.15) is 0 Å². The van der Waals surface area contributed by atoms with Gasteiger partial charge in [0.05, 0.1) is 5.02 Å². The quantitative estimate of drug-likeness (QED) is 0.556. The Bertz CT molecular complexity index is 762. The van der Waals surface area contributed by atoms with Crippen LogP contribution in [0.5, 0.6) is 0 Å². The van der Waals surface area contributed by atoms with Crippen molar-refractivity contribution in [2.45, 2.75) is 38.0 Å². The molecule has 2 saturated carbocycles. The Morgan fingerprint density at radius 3 is 2.48 bits per heavy atom. The van der Waals surface area contributed by atoms with Crippen molar-refractivity contribution in [2.75, 3.05) is 0 Å². The molecule has 4 rings (SSSR count). The monoisotopic (exact) mass is 388 g/mol. The maximum absolute atomic E-state index is 12.7. The summed E-state index contributed by atoms with van der Waals surface area (Å²) >= 11 is 9.57. The predicted octanol–water partition coefficient (Wildman–Crippen LogP) is 6.38. The molecule has 0 amide bonds. The molecule has 0 heterocycles. The van der Waals surface area contributed by atoms with Crippen LogP contribution in [0.4, 0.5) is 0 Å². The minimum Gasteiger partial charge on any atom is -0.289 e. The number of ketones is 1. The first-order valence-corrected chi connectivity index (χ1v) is 9.33. The van der Waals surface area contributed by atoms with E-state index in [0.29, 0.717) is 27.5 Å². The Hall–Kier alpha value is -1.12. The molecule has 2 aliphatic rings. The highest BCUT2D eigenvalue weighted by Crippen LogP contribution is 2.61. The number of carbonyl (C=O) groups is 1. The van der Waals surface area contributed by atoms with Crippen molar-refractivity contribution in [1.29, 1.82) is 0 Å². The van der Waals surface area contributed by atoms with Crippen LogP contribution in [0.15, 0.2) is 46.9 Å². The molecule has 23 heavy (non-hydrogen) atoms. The average molecular weight is 390 g/mol. The summed E-state index contributed by atoms with van der Waals surface area (Å²) in [7, 11) is 0. The number of benzene rings is 2. The summed E-state index contributed by atoms with van der Waals surface area (Å²) in [5.41, 5.74) is 3.31. The van der Waals surface area contributed by atoms with E-state index in [1.807, 2.05) is 18.2 Å². The second-order valence-electron chi connectivity index (χ2n) is 7.02. The summed E-state index contributed by atoms with van der Waals surface area (Å²) < 4.78 is 0.863. The molecule has 118 valence electrons. The van der Waals surface area contributed by atoms with Gasteiger partial charge in [0.2, 0.25) is 0 Å². The van der Waals surface area contributed by atoms with Gasteiger partial charge in [-0.2, -0.15) is 0 Å². The first-order chi connectivity index (χ1) is 11.1. The van der Waals surface area contributed by atoms with E-state index in [4.69, 9.17) is 11.6 Å². The van der Waals surface area contributed by atoms with Crippen molar-refractivity contribution in [2.24, 2.45) is 5.41 Å². The number of hydrogen-bond donors (Lipinski definition) is 0. The van der Waals surface area contributed by atoms with E-state index in [0.717, 1.165) is 4.47 Å². The zero-order chi connectivity index (χ0) is 16.0. The zero-order valence-corrected chi connectivity index (χ0v) is 15.2. The zero-order valence-electron chi connectivity index (χ0n) is 12.8. The molecule has 2 aromatic carbocycles. The standard InChI is InChI=1S/C20H18BrClO/c21-16-5-6-18(22)17(11-16)19(23)14-3-1-13(2-4-14)15-7-8-20(12-15)9-10-20/h1-6,11,15H,7-10,12H2. The second kappa shape index (κ2) is 5.75. The molecule has 0 aromatic heterocycles. The van der Waals surface area contributed by atoms with Crippen molar-refractivity contribution in [3.8, 4) is 0 Å². The first-order valence-electron chi connectivity index (χ1n) is 8.16. The smallest absolute Gasteiger partial charge is 0.194 e. The van der Waals surface area contributed by atoms with Gasteiger partial charge < -0.3 is 0 Å². The lowest BCUT2D eigenvalue weighted by Crippen LogP contribution is -2.03. The number of halogens is 2. The number of hydrogen-bond acceptors (Lipinski definition) is 1. The Labute approximate surface area is 150 Å². The summed E-state index contributed by atoms with van der Waals surface area (Å²) in [6, 6.07) is 13.5. The van der Waals surface area contributed by atoms with Crippen LogP contribution in [-0.2, 0) is 0 Å². The van der Waals surface area contributed by atoms with Gasteiger partial charge in [0, 0.05) is 15.6 Å². The van der Waals surface area contributed by atoms with E-state index in [2.05, 4.69) is 28.1 Å². The van der Waals surface area contributed by atoms with Crippen molar-refractivity contribution in [1.82, 2.24) is 0 Å². The molecule has 3 heteroatoms. The molecule has 1 unspecified atom stereocenters. The Morgan fingerprint density at radius 1 is 1.09 bits per heavy atom. The van der Waals surface area contributed by atoms with E-state index < -0.39 is 0 Å². The molecule has 1 nitrogen and oxygen atoms in total. The number of carbonyl (C=O) groups excluding carboxylic acids is 1. The maximum atomic E-state index is 12.7. The van der Waals surface area contributed by atoms with E-state index in [1.165, 1.54) is 37.7 Å². The largest absolute Gasteiger partial charge is 0.289 e. The van der Waals surface area contributed by atoms with Gasteiger partial charge in [-0.05, 0) is 67.2 Å². The van der Waals surface area contributed by atoms with Crippen LogP contribution in [-0.4, -0.2) is 5.78 Å². The molecular formula is C20H18BrClO. The lowest BCUT2D eigenvalue weighted by Gasteiger charge is -2.11. The van der Waals surface area contributed by atoms with Crippen LogP contribution < -0.4 is 0 Å². The van der Waals surface area contributed by atoms with Gasteiger partial charge in [0.15, 0.2) is 5.78 Å². The summed E-state index contributed by atoms with van der Waals surface area (Å²) in [6.45, 7) is 0. The minimum atomic E-state index is -0.0204. The van der Waals surface area contributed by atoms with Gasteiger partial charge >= 0.3 is 0 Å². The molecule has 0 radical (unpaired) electrons. The van der Waals surface area contributed by atoms with Crippen LogP contribution in [0.25, 0.3) is 0 Å². The predicted molar refractivity (Wildman–Crippen MR) is 97.3 cm³/mol. The number of rotatable bonds is 3. The summed E-state index contributed by atoms with van der Waals surface area (Å²) in [6.07, 6.45) is 6.84. The fourth-order valence-corrected chi connectivity index (χ4v) is 4.42. The second-order valence-corrected chi connectivity index (χ2v) is 8.34. The third-order valence-electron chi connectivity index (χ3n) is 5.48. The highest BCUT2D eigenvalue weighted by atomic mass is 79.9.